The molecule has 0 aliphatic heterocycles. The fourth-order valence-corrected chi connectivity index (χ4v) is 1.97. The summed E-state index contributed by atoms with van der Waals surface area (Å²) in [6.45, 7) is 2.54. The van der Waals surface area contributed by atoms with Crippen molar-refractivity contribution in [3.8, 4) is 0 Å². The molecule has 1 fully saturated rings. The molecule has 0 aromatic heterocycles. The molecule has 1 N–H and O–H groups in total. The lowest BCUT2D eigenvalue weighted by Gasteiger charge is -2.20. The standard InChI is InChI=1S/C10H18O3/c1-2-13-9-7-5-3-4-6-8(9)10(11)12/h8-9H,2-7H2,1H3,(H,11,12). The van der Waals surface area contributed by atoms with Gasteiger partial charge in [0.05, 0.1) is 12.0 Å². The van der Waals surface area contributed by atoms with Crippen LogP contribution in [-0.4, -0.2) is 23.8 Å². The van der Waals surface area contributed by atoms with E-state index in [0.717, 1.165) is 32.1 Å². The highest BCUT2D eigenvalue weighted by atomic mass is 16.5. The monoisotopic (exact) mass is 186 g/mol. The van der Waals surface area contributed by atoms with Crippen molar-refractivity contribution in [2.45, 2.75) is 45.1 Å². The molecule has 0 bridgehead atoms. The van der Waals surface area contributed by atoms with Gasteiger partial charge in [-0.15, -0.1) is 0 Å². The highest BCUT2D eigenvalue weighted by molar-refractivity contribution is 5.70. The summed E-state index contributed by atoms with van der Waals surface area (Å²) in [5.74, 6) is -0.970. The van der Waals surface area contributed by atoms with E-state index in [0.29, 0.717) is 6.61 Å². The zero-order valence-corrected chi connectivity index (χ0v) is 8.16. The van der Waals surface area contributed by atoms with Gasteiger partial charge in [-0.2, -0.15) is 0 Å². The predicted octanol–water partition coefficient (Wildman–Crippen LogP) is 2.06. The summed E-state index contributed by atoms with van der Waals surface area (Å²) < 4.78 is 5.46. The van der Waals surface area contributed by atoms with Gasteiger partial charge in [-0.25, -0.2) is 0 Å². The minimum absolute atomic E-state index is 0.0509. The molecule has 2 atom stereocenters. The van der Waals surface area contributed by atoms with Crippen LogP contribution in [0.5, 0.6) is 0 Å². The van der Waals surface area contributed by atoms with Crippen LogP contribution in [0.25, 0.3) is 0 Å². The Morgan fingerprint density at radius 1 is 1.38 bits per heavy atom. The topological polar surface area (TPSA) is 46.5 Å². The molecule has 1 aliphatic rings. The minimum Gasteiger partial charge on any atom is -0.481 e. The molecule has 1 aliphatic carbocycles. The first-order chi connectivity index (χ1) is 6.25. The Bertz CT molecular complexity index is 168. The lowest BCUT2D eigenvalue weighted by atomic mass is 9.97. The van der Waals surface area contributed by atoms with E-state index in [-0.39, 0.29) is 12.0 Å². The van der Waals surface area contributed by atoms with Gasteiger partial charge in [0.1, 0.15) is 0 Å². The van der Waals surface area contributed by atoms with Crippen molar-refractivity contribution in [2.24, 2.45) is 5.92 Å². The van der Waals surface area contributed by atoms with Crippen LogP contribution in [0.2, 0.25) is 0 Å². The molecule has 3 heteroatoms. The van der Waals surface area contributed by atoms with E-state index in [1.807, 2.05) is 6.92 Å². The highest BCUT2D eigenvalue weighted by Gasteiger charge is 2.29. The number of carboxylic acids is 1. The van der Waals surface area contributed by atoms with Crippen molar-refractivity contribution in [3.63, 3.8) is 0 Å². The average Bonchev–Trinajstić information content (AvgIpc) is 2.30. The van der Waals surface area contributed by atoms with Crippen LogP contribution in [0, 0.1) is 5.92 Å². The van der Waals surface area contributed by atoms with Crippen molar-refractivity contribution in [2.75, 3.05) is 6.61 Å². The number of carbonyl (C=O) groups is 1. The Balaban J connectivity index is 2.55. The molecule has 1 saturated carbocycles. The van der Waals surface area contributed by atoms with Crippen molar-refractivity contribution in [1.29, 1.82) is 0 Å². The summed E-state index contributed by atoms with van der Waals surface area (Å²) in [6.07, 6.45) is 4.91. The van der Waals surface area contributed by atoms with E-state index in [1.54, 1.807) is 0 Å². The van der Waals surface area contributed by atoms with Gasteiger partial charge in [-0.3, -0.25) is 4.79 Å². The molecule has 76 valence electrons. The molecule has 0 spiro atoms. The van der Waals surface area contributed by atoms with Crippen molar-refractivity contribution < 1.29 is 14.6 Å². The molecule has 0 amide bonds. The van der Waals surface area contributed by atoms with Gasteiger partial charge in [0, 0.05) is 6.61 Å². The molecule has 0 aromatic carbocycles. The van der Waals surface area contributed by atoms with E-state index in [2.05, 4.69) is 0 Å². The minimum atomic E-state index is -0.694. The number of aliphatic carboxylic acids is 1. The van der Waals surface area contributed by atoms with Crippen LogP contribution in [-0.2, 0) is 9.53 Å². The maximum atomic E-state index is 10.9. The first-order valence-electron chi connectivity index (χ1n) is 5.10. The van der Waals surface area contributed by atoms with E-state index < -0.39 is 5.97 Å². The van der Waals surface area contributed by atoms with Crippen molar-refractivity contribution >= 4 is 5.97 Å². The molecule has 3 nitrogen and oxygen atoms in total. The molecule has 13 heavy (non-hydrogen) atoms. The van der Waals surface area contributed by atoms with Crippen LogP contribution >= 0.6 is 0 Å². The van der Waals surface area contributed by atoms with Crippen LogP contribution < -0.4 is 0 Å². The zero-order chi connectivity index (χ0) is 9.68. The predicted molar refractivity (Wildman–Crippen MR) is 49.6 cm³/mol. The maximum Gasteiger partial charge on any atom is 0.309 e. The quantitative estimate of drug-likeness (QED) is 0.686. The zero-order valence-electron chi connectivity index (χ0n) is 8.16. The molecule has 0 saturated heterocycles. The fraction of sp³-hybridized carbons (Fsp3) is 0.900. The summed E-state index contributed by atoms with van der Waals surface area (Å²) in [6, 6.07) is 0. The Kier molecular flexibility index (Phi) is 4.22. The largest absolute Gasteiger partial charge is 0.481 e. The van der Waals surface area contributed by atoms with Gasteiger partial charge in [0.15, 0.2) is 0 Å². The van der Waals surface area contributed by atoms with Crippen LogP contribution in [0.4, 0.5) is 0 Å². The lowest BCUT2D eigenvalue weighted by Crippen LogP contribution is -2.29. The number of hydrogen-bond donors (Lipinski definition) is 1. The second kappa shape index (κ2) is 5.22. The molecule has 1 rings (SSSR count). The maximum absolute atomic E-state index is 10.9. The Morgan fingerprint density at radius 3 is 2.69 bits per heavy atom. The molecule has 0 radical (unpaired) electrons. The van der Waals surface area contributed by atoms with Crippen LogP contribution in [0.1, 0.15) is 39.0 Å². The van der Waals surface area contributed by atoms with E-state index in [1.165, 1.54) is 0 Å². The van der Waals surface area contributed by atoms with E-state index in [4.69, 9.17) is 9.84 Å². The number of ether oxygens (including phenoxy) is 1. The number of hydrogen-bond acceptors (Lipinski definition) is 2. The average molecular weight is 186 g/mol. The van der Waals surface area contributed by atoms with Gasteiger partial charge >= 0.3 is 5.97 Å². The van der Waals surface area contributed by atoms with Gasteiger partial charge in [-0.05, 0) is 19.8 Å². The second-order valence-electron chi connectivity index (χ2n) is 3.58. The normalized spacial score (nSPS) is 29.6. The fourth-order valence-electron chi connectivity index (χ4n) is 1.97. The smallest absolute Gasteiger partial charge is 0.309 e. The van der Waals surface area contributed by atoms with E-state index >= 15 is 0 Å². The third kappa shape index (κ3) is 2.99. The summed E-state index contributed by atoms with van der Waals surface area (Å²) in [4.78, 5) is 10.9. The molecular formula is C10H18O3. The summed E-state index contributed by atoms with van der Waals surface area (Å²) in [5, 5.41) is 8.98. The number of rotatable bonds is 3. The highest BCUT2D eigenvalue weighted by Crippen LogP contribution is 2.25. The van der Waals surface area contributed by atoms with Gasteiger partial charge in [0.25, 0.3) is 0 Å². The van der Waals surface area contributed by atoms with Crippen LogP contribution in [0.3, 0.4) is 0 Å². The second-order valence-corrected chi connectivity index (χ2v) is 3.58. The first kappa shape index (κ1) is 10.5. The Morgan fingerprint density at radius 2 is 2.08 bits per heavy atom. The first-order valence-corrected chi connectivity index (χ1v) is 5.10. The van der Waals surface area contributed by atoms with Gasteiger partial charge < -0.3 is 9.84 Å². The van der Waals surface area contributed by atoms with Crippen molar-refractivity contribution in [3.05, 3.63) is 0 Å². The molecule has 0 heterocycles. The summed E-state index contributed by atoms with van der Waals surface area (Å²) in [5.41, 5.74) is 0. The van der Waals surface area contributed by atoms with E-state index in [9.17, 15) is 4.79 Å². The summed E-state index contributed by atoms with van der Waals surface area (Å²) in [7, 11) is 0. The molecule has 0 aromatic rings. The van der Waals surface area contributed by atoms with Crippen LogP contribution in [0.15, 0.2) is 0 Å². The number of carboxylic acid groups (broad SMARTS) is 1. The molecular weight excluding hydrogens is 168 g/mol. The van der Waals surface area contributed by atoms with Gasteiger partial charge in [-0.1, -0.05) is 19.3 Å². The SMILES string of the molecule is CCOC1CCCCCC1C(=O)O. The third-order valence-electron chi connectivity index (χ3n) is 2.65. The third-order valence-corrected chi connectivity index (χ3v) is 2.65. The van der Waals surface area contributed by atoms with Crippen molar-refractivity contribution in [1.82, 2.24) is 0 Å². The summed E-state index contributed by atoms with van der Waals surface area (Å²) >= 11 is 0. The Hall–Kier alpha value is -0.570. The Labute approximate surface area is 79.1 Å². The van der Waals surface area contributed by atoms with Gasteiger partial charge in [0.2, 0.25) is 0 Å². The molecule has 2 unspecified atom stereocenters. The lowest BCUT2D eigenvalue weighted by molar-refractivity contribution is -0.147.